The topological polar surface area (TPSA) is 78.9 Å². The molecule has 1 rings (SSSR count). The van der Waals surface area contributed by atoms with Crippen LogP contribution in [0.3, 0.4) is 0 Å². The van der Waals surface area contributed by atoms with Crippen LogP contribution in [0.5, 0.6) is 0 Å². The first-order valence-corrected chi connectivity index (χ1v) is 5.36. The number of amides is 1. The van der Waals surface area contributed by atoms with Crippen molar-refractivity contribution in [2.24, 2.45) is 10.9 Å². The molecule has 0 fully saturated rings. The van der Waals surface area contributed by atoms with Gasteiger partial charge >= 0.3 is 0 Å². The largest absolute Gasteiger partial charge is 0.409 e. The summed E-state index contributed by atoms with van der Waals surface area (Å²) in [6.45, 7) is 0.0831. The van der Waals surface area contributed by atoms with Crippen LogP contribution in [-0.2, 0) is 11.2 Å². The number of likely N-dealkylation sites (N-methyl/N-ethyl adjacent to an activating group) is 1. The van der Waals surface area contributed by atoms with Gasteiger partial charge in [-0.15, -0.1) is 0 Å². The van der Waals surface area contributed by atoms with Crippen molar-refractivity contribution in [3.63, 3.8) is 0 Å². The van der Waals surface area contributed by atoms with Gasteiger partial charge in [-0.2, -0.15) is 0 Å². The Morgan fingerprint density at radius 3 is 2.76 bits per heavy atom. The van der Waals surface area contributed by atoms with E-state index < -0.39 is 0 Å². The SMILES string of the molecule is CN(CC(N)=NO)C(=O)Cc1ccccc1Cl. The van der Waals surface area contributed by atoms with Crippen molar-refractivity contribution in [3.8, 4) is 0 Å². The summed E-state index contributed by atoms with van der Waals surface area (Å²) in [7, 11) is 1.58. The minimum absolute atomic E-state index is 0.0139. The summed E-state index contributed by atoms with van der Waals surface area (Å²) in [5, 5.41) is 11.8. The molecule has 0 heterocycles. The van der Waals surface area contributed by atoms with Crippen molar-refractivity contribution in [2.45, 2.75) is 6.42 Å². The van der Waals surface area contributed by atoms with Crippen molar-refractivity contribution in [1.29, 1.82) is 0 Å². The zero-order chi connectivity index (χ0) is 12.8. The van der Waals surface area contributed by atoms with Gasteiger partial charge in [-0.05, 0) is 11.6 Å². The van der Waals surface area contributed by atoms with Crippen LogP contribution in [0.1, 0.15) is 5.56 Å². The molecule has 0 radical (unpaired) electrons. The number of carbonyl (C=O) groups is 1. The van der Waals surface area contributed by atoms with Crippen molar-refractivity contribution in [1.82, 2.24) is 4.90 Å². The number of nitrogens with zero attached hydrogens (tertiary/aromatic N) is 2. The molecule has 3 N–H and O–H groups in total. The van der Waals surface area contributed by atoms with E-state index in [1.54, 1.807) is 25.2 Å². The number of nitrogens with two attached hydrogens (primary N) is 1. The molecule has 5 nitrogen and oxygen atoms in total. The van der Waals surface area contributed by atoms with Crippen LogP contribution < -0.4 is 5.73 Å². The molecule has 0 saturated carbocycles. The highest BCUT2D eigenvalue weighted by Crippen LogP contribution is 2.15. The third kappa shape index (κ3) is 3.96. The maximum atomic E-state index is 11.8. The second kappa shape index (κ2) is 6.10. The molecule has 0 bridgehead atoms. The number of oxime groups is 1. The predicted octanol–water partition coefficient (Wildman–Crippen LogP) is 1.09. The predicted molar refractivity (Wildman–Crippen MR) is 66.2 cm³/mol. The summed E-state index contributed by atoms with van der Waals surface area (Å²) in [4.78, 5) is 13.2. The number of hydrogen-bond donors (Lipinski definition) is 2. The molecule has 0 aromatic heterocycles. The van der Waals surface area contributed by atoms with Gasteiger partial charge in [0, 0.05) is 12.1 Å². The molecule has 0 spiro atoms. The Balaban J connectivity index is 2.64. The van der Waals surface area contributed by atoms with Crippen LogP contribution >= 0.6 is 11.6 Å². The highest BCUT2D eigenvalue weighted by atomic mass is 35.5. The van der Waals surface area contributed by atoms with E-state index in [9.17, 15) is 4.79 Å². The highest BCUT2D eigenvalue weighted by Gasteiger charge is 2.12. The lowest BCUT2D eigenvalue weighted by Crippen LogP contribution is -2.36. The first-order chi connectivity index (χ1) is 8.04. The van der Waals surface area contributed by atoms with E-state index >= 15 is 0 Å². The Bertz CT molecular complexity index is 434. The molecule has 0 atom stereocenters. The number of carbonyl (C=O) groups excluding carboxylic acids is 1. The summed E-state index contributed by atoms with van der Waals surface area (Å²) in [5.41, 5.74) is 6.07. The van der Waals surface area contributed by atoms with Crippen molar-refractivity contribution >= 4 is 23.3 Å². The minimum atomic E-state index is -0.148. The summed E-state index contributed by atoms with van der Waals surface area (Å²) >= 11 is 5.95. The van der Waals surface area contributed by atoms with E-state index in [4.69, 9.17) is 22.5 Å². The zero-order valence-electron chi connectivity index (χ0n) is 9.43. The second-order valence-corrected chi connectivity index (χ2v) is 4.02. The van der Waals surface area contributed by atoms with E-state index in [0.29, 0.717) is 5.02 Å². The van der Waals surface area contributed by atoms with Gasteiger partial charge in [0.05, 0.1) is 13.0 Å². The first kappa shape index (κ1) is 13.3. The van der Waals surface area contributed by atoms with Crippen LogP contribution in [-0.4, -0.2) is 35.4 Å². The number of halogens is 1. The minimum Gasteiger partial charge on any atom is -0.409 e. The molecule has 92 valence electrons. The molecule has 0 saturated heterocycles. The number of hydrogen-bond acceptors (Lipinski definition) is 3. The fourth-order valence-electron chi connectivity index (χ4n) is 1.30. The van der Waals surface area contributed by atoms with Gasteiger partial charge in [0.2, 0.25) is 5.91 Å². The van der Waals surface area contributed by atoms with E-state index in [1.807, 2.05) is 6.07 Å². The Labute approximate surface area is 104 Å². The van der Waals surface area contributed by atoms with Gasteiger partial charge < -0.3 is 15.8 Å². The van der Waals surface area contributed by atoms with Crippen LogP contribution in [0.4, 0.5) is 0 Å². The standard InChI is InChI=1S/C11H14ClN3O2/c1-15(7-10(13)14-17)11(16)6-8-4-2-3-5-9(8)12/h2-5,17H,6-7H2,1H3,(H2,13,14). The second-order valence-electron chi connectivity index (χ2n) is 3.61. The molecular weight excluding hydrogens is 242 g/mol. The molecule has 0 aliphatic carbocycles. The molecule has 1 aromatic rings. The third-order valence-corrected chi connectivity index (χ3v) is 2.62. The van der Waals surface area contributed by atoms with E-state index in [0.717, 1.165) is 5.56 Å². The van der Waals surface area contributed by atoms with Gasteiger partial charge in [-0.1, -0.05) is 35.0 Å². The Hall–Kier alpha value is -1.75. The average Bonchev–Trinajstić information content (AvgIpc) is 2.31. The molecule has 6 heteroatoms. The van der Waals surface area contributed by atoms with Crippen molar-refractivity contribution < 1.29 is 10.0 Å². The lowest BCUT2D eigenvalue weighted by atomic mass is 10.1. The molecule has 1 aromatic carbocycles. The van der Waals surface area contributed by atoms with Crippen LogP contribution in [0, 0.1) is 0 Å². The van der Waals surface area contributed by atoms with Crippen molar-refractivity contribution in [2.75, 3.05) is 13.6 Å². The molecular formula is C11H14ClN3O2. The Kier molecular flexibility index (Phi) is 4.78. The van der Waals surface area contributed by atoms with Gasteiger partial charge in [0.15, 0.2) is 5.84 Å². The lowest BCUT2D eigenvalue weighted by Gasteiger charge is -2.16. The monoisotopic (exact) mass is 255 g/mol. The summed E-state index contributed by atoms with van der Waals surface area (Å²) < 4.78 is 0. The van der Waals surface area contributed by atoms with E-state index in [2.05, 4.69) is 5.16 Å². The van der Waals surface area contributed by atoms with Crippen molar-refractivity contribution in [3.05, 3.63) is 34.9 Å². The molecule has 0 unspecified atom stereocenters. The summed E-state index contributed by atoms with van der Waals surface area (Å²) in [6, 6.07) is 7.14. The number of rotatable bonds is 4. The van der Waals surface area contributed by atoms with E-state index in [-0.39, 0.29) is 24.7 Å². The molecule has 1 amide bonds. The van der Waals surface area contributed by atoms with Gasteiger partial charge in [-0.25, -0.2) is 0 Å². The molecule has 0 aliphatic rings. The molecule has 0 aliphatic heterocycles. The van der Waals surface area contributed by atoms with Crippen LogP contribution in [0.15, 0.2) is 29.4 Å². The van der Waals surface area contributed by atoms with E-state index in [1.165, 1.54) is 4.90 Å². The maximum Gasteiger partial charge on any atom is 0.227 e. The quantitative estimate of drug-likeness (QED) is 0.366. The maximum absolute atomic E-state index is 11.8. The third-order valence-electron chi connectivity index (χ3n) is 2.25. The fraction of sp³-hybridized carbons (Fsp3) is 0.273. The van der Waals surface area contributed by atoms with Gasteiger partial charge in [0.1, 0.15) is 0 Å². The number of amidine groups is 1. The Morgan fingerprint density at radius 2 is 2.18 bits per heavy atom. The van der Waals surface area contributed by atoms with Gasteiger partial charge in [-0.3, -0.25) is 4.79 Å². The lowest BCUT2D eigenvalue weighted by molar-refractivity contribution is -0.128. The zero-order valence-corrected chi connectivity index (χ0v) is 10.2. The van der Waals surface area contributed by atoms with Crippen LogP contribution in [0.2, 0.25) is 5.02 Å². The summed E-state index contributed by atoms with van der Waals surface area (Å²) in [6.07, 6.45) is 0.189. The molecule has 17 heavy (non-hydrogen) atoms. The Morgan fingerprint density at radius 1 is 1.53 bits per heavy atom. The normalized spacial score (nSPS) is 11.3. The van der Waals surface area contributed by atoms with Crippen LogP contribution in [0.25, 0.3) is 0 Å². The van der Waals surface area contributed by atoms with Gasteiger partial charge in [0.25, 0.3) is 0 Å². The fourth-order valence-corrected chi connectivity index (χ4v) is 1.50. The smallest absolute Gasteiger partial charge is 0.227 e. The average molecular weight is 256 g/mol. The summed E-state index contributed by atoms with van der Waals surface area (Å²) in [5.74, 6) is -0.162. The first-order valence-electron chi connectivity index (χ1n) is 4.98. The highest BCUT2D eigenvalue weighted by molar-refractivity contribution is 6.31. The number of benzene rings is 1.